The third-order valence-corrected chi connectivity index (χ3v) is 8.17. The topological polar surface area (TPSA) is 103 Å². The Morgan fingerprint density at radius 1 is 1.07 bits per heavy atom. The van der Waals surface area contributed by atoms with Crippen molar-refractivity contribution in [1.29, 1.82) is 0 Å². The number of nitrogens with zero attached hydrogens (tertiary/aromatic N) is 5. The Morgan fingerprint density at radius 3 is 2.73 bits per heavy atom. The van der Waals surface area contributed by atoms with Crippen LogP contribution >= 0.6 is 0 Å². The Labute approximate surface area is 240 Å². The highest BCUT2D eigenvalue weighted by Crippen LogP contribution is 2.37. The first-order chi connectivity index (χ1) is 20.1. The van der Waals surface area contributed by atoms with Gasteiger partial charge in [0.1, 0.15) is 5.82 Å². The van der Waals surface area contributed by atoms with Crippen LogP contribution in [0.5, 0.6) is 5.88 Å². The van der Waals surface area contributed by atoms with Gasteiger partial charge in [0.15, 0.2) is 0 Å². The molecule has 0 spiro atoms. The van der Waals surface area contributed by atoms with E-state index in [9.17, 15) is 4.79 Å². The van der Waals surface area contributed by atoms with Gasteiger partial charge >= 0.3 is 0 Å². The van der Waals surface area contributed by atoms with Crippen LogP contribution in [-0.2, 0) is 22.6 Å². The van der Waals surface area contributed by atoms with E-state index < -0.39 is 0 Å². The molecule has 5 heterocycles. The molecule has 0 unspecified atom stereocenters. The van der Waals surface area contributed by atoms with Crippen molar-refractivity contribution in [2.75, 3.05) is 33.0 Å². The molecule has 1 fully saturated rings. The van der Waals surface area contributed by atoms with Crippen LogP contribution in [0.1, 0.15) is 56.5 Å². The molecule has 41 heavy (non-hydrogen) atoms. The zero-order valence-corrected chi connectivity index (χ0v) is 23.6. The quantitative estimate of drug-likeness (QED) is 0.291. The van der Waals surface area contributed by atoms with Gasteiger partial charge in [-0.1, -0.05) is 18.2 Å². The number of aliphatic hydroxyl groups is 1. The first-order valence-corrected chi connectivity index (χ1v) is 14.6. The number of pyridine rings is 2. The van der Waals surface area contributed by atoms with Crippen LogP contribution in [0.25, 0.3) is 33.3 Å². The summed E-state index contributed by atoms with van der Waals surface area (Å²) in [7, 11) is 0. The number of fused-ring (bicyclic) bond motifs is 2. The number of hydrogen-bond acceptors (Lipinski definition) is 7. The van der Waals surface area contributed by atoms with E-state index in [1.807, 2.05) is 23.2 Å². The number of aliphatic hydroxyl groups excluding tert-OH is 1. The summed E-state index contributed by atoms with van der Waals surface area (Å²) in [4.78, 5) is 28.8. The van der Waals surface area contributed by atoms with Crippen molar-refractivity contribution in [3.63, 3.8) is 0 Å². The van der Waals surface area contributed by atoms with Crippen LogP contribution < -0.4 is 4.74 Å². The molecule has 3 aromatic heterocycles. The maximum absolute atomic E-state index is 12.3. The van der Waals surface area contributed by atoms with Gasteiger partial charge in [-0.3, -0.25) is 9.78 Å². The largest absolute Gasteiger partial charge is 0.478 e. The van der Waals surface area contributed by atoms with Crippen molar-refractivity contribution < 1.29 is 19.4 Å². The summed E-state index contributed by atoms with van der Waals surface area (Å²) in [6, 6.07) is 12.2. The molecule has 9 nitrogen and oxygen atoms in total. The minimum atomic E-state index is 0.0898. The molecule has 0 bridgehead atoms. The molecule has 6 rings (SSSR count). The van der Waals surface area contributed by atoms with Crippen molar-refractivity contribution in [3.8, 4) is 28.4 Å². The van der Waals surface area contributed by atoms with E-state index in [0.29, 0.717) is 31.5 Å². The van der Waals surface area contributed by atoms with Crippen molar-refractivity contribution in [2.45, 2.75) is 58.0 Å². The average Bonchev–Trinajstić information content (AvgIpc) is 3.40. The second-order valence-electron chi connectivity index (χ2n) is 10.9. The average molecular weight is 556 g/mol. The van der Waals surface area contributed by atoms with Gasteiger partial charge in [0.25, 0.3) is 0 Å². The second-order valence-corrected chi connectivity index (χ2v) is 10.9. The summed E-state index contributed by atoms with van der Waals surface area (Å²) in [6.45, 7) is 5.98. The molecule has 0 aliphatic carbocycles. The number of unbranched alkanes of at least 4 members (excludes halogenated alkanes) is 2. The normalized spacial score (nSPS) is 15.7. The molecule has 2 aliphatic rings. The van der Waals surface area contributed by atoms with Crippen molar-refractivity contribution in [3.05, 3.63) is 60.3 Å². The Bertz CT molecular complexity index is 1510. The van der Waals surface area contributed by atoms with Gasteiger partial charge in [-0.2, -0.15) is 0 Å². The number of rotatable bonds is 9. The SMILES string of the molecule is CC(=O)N1CCn2c(C3CCOCC3)nc(-c3cccc4cc(-c5ccc(OCCCCCO)nc5)ncc34)c2C1. The molecular weight excluding hydrogens is 518 g/mol. The highest BCUT2D eigenvalue weighted by molar-refractivity contribution is 5.97. The lowest BCUT2D eigenvalue weighted by molar-refractivity contribution is -0.130. The lowest BCUT2D eigenvalue weighted by atomic mass is 9.99. The predicted octanol–water partition coefficient (Wildman–Crippen LogP) is 4.96. The smallest absolute Gasteiger partial charge is 0.219 e. The Hall–Kier alpha value is -3.82. The Balaban J connectivity index is 1.30. The summed E-state index contributed by atoms with van der Waals surface area (Å²) < 4.78 is 13.7. The fourth-order valence-corrected chi connectivity index (χ4v) is 5.87. The van der Waals surface area contributed by atoms with E-state index in [1.54, 1.807) is 13.1 Å². The van der Waals surface area contributed by atoms with Crippen molar-refractivity contribution >= 4 is 16.7 Å². The molecular formula is C32H37N5O4. The van der Waals surface area contributed by atoms with Gasteiger partial charge in [-0.15, -0.1) is 0 Å². The van der Waals surface area contributed by atoms with Gasteiger partial charge in [0.05, 0.1) is 30.2 Å². The number of carbonyl (C=O) groups is 1. The number of hydrogen-bond donors (Lipinski definition) is 1. The summed E-state index contributed by atoms with van der Waals surface area (Å²) >= 11 is 0. The zero-order chi connectivity index (χ0) is 28.2. The maximum atomic E-state index is 12.3. The Kier molecular flexibility index (Phi) is 8.25. The van der Waals surface area contributed by atoms with Crippen LogP contribution in [0.2, 0.25) is 0 Å². The van der Waals surface area contributed by atoms with Crippen molar-refractivity contribution in [1.82, 2.24) is 24.4 Å². The number of aromatic nitrogens is 4. The predicted molar refractivity (Wildman–Crippen MR) is 157 cm³/mol. The lowest BCUT2D eigenvalue weighted by Crippen LogP contribution is -2.37. The third-order valence-electron chi connectivity index (χ3n) is 8.17. The molecule has 0 saturated carbocycles. The van der Waals surface area contributed by atoms with Gasteiger partial charge in [-0.25, -0.2) is 9.97 Å². The summed E-state index contributed by atoms with van der Waals surface area (Å²) in [6.07, 6.45) is 8.28. The van der Waals surface area contributed by atoms with Crippen LogP contribution in [-0.4, -0.2) is 68.4 Å². The highest BCUT2D eigenvalue weighted by atomic mass is 16.5. The van der Waals surface area contributed by atoms with Crippen LogP contribution in [0.4, 0.5) is 0 Å². The molecule has 2 aliphatic heterocycles. The first kappa shape index (κ1) is 27.4. The van der Waals surface area contributed by atoms with E-state index in [-0.39, 0.29) is 12.5 Å². The molecule has 1 aromatic carbocycles. The number of carbonyl (C=O) groups excluding carboxylic acids is 1. The fourth-order valence-electron chi connectivity index (χ4n) is 5.87. The summed E-state index contributed by atoms with van der Waals surface area (Å²) in [5.41, 5.74) is 4.84. The molecule has 0 radical (unpaired) electrons. The van der Waals surface area contributed by atoms with Gasteiger partial charge in [0, 0.05) is 80.7 Å². The van der Waals surface area contributed by atoms with Gasteiger partial charge in [-0.05, 0) is 49.6 Å². The third kappa shape index (κ3) is 5.83. The van der Waals surface area contributed by atoms with Crippen LogP contribution in [0.15, 0.2) is 48.8 Å². The molecule has 1 saturated heterocycles. The van der Waals surface area contributed by atoms with Crippen LogP contribution in [0, 0.1) is 0 Å². The number of benzene rings is 1. The number of amides is 1. The molecule has 9 heteroatoms. The van der Waals surface area contributed by atoms with Gasteiger partial charge < -0.3 is 24.0 Å². The zero-order valence-electron chi connectivity index (χ0n) is 23.6. The monoisotopic (exact) mass is 555 g/mol. The van der Waals surface area contributed by atoms with E-state index in [4.69, 9.17) is 24.5 Å². The fraction of sp³-hybridized carbons (Fsp3) is 0.438. The van der Waals surface area contributed by atoms with Gasteiger partial charge in [0.2, 0.25) is 11.8 Å². The van der Waals surface area contributed by atoms with E-state index >= 15 is 0 Å². The Morgan fingerprint density at radius 2 is 1.95 bits per heavy atom. The molecule has 4 aromatic rings. The number of ether oxygens (including phenoxy) is 2. The maximum Gasteiger partial charge on any atom is 0.219 e. The van der Waals surface area contributed by atoms with E-state index in [1.165, 1.54) is 0 Å². The standard InChI is InChI=1S/C32H37N5O4/c1-22(39)36-12-13-37-29(21-36)31(35-32(37)23-10-16-40-17-11-23)26-7-5-6-24-18-28(33-20-27(24)26)25-8-9-30(34-19-25)41-15-4-2-3-14-38/h5-9,18-20,23,38H,2-4,10-17,21H2,1H3. The lowest BCUT2D eigenvalue weighted by Gasteiger charge is -2.30. The first-order valence-electron chi connectivity index (χ1n) is 14.6. The minimum Gasteiger partial charge on any atom is -0.478 e. The minimum absolute atomic E-state index is 0.0898. The van der Waals surface area contributed by atoms with E-state index in [2.05, 4.69) is 33.8 Å². The summed E-state index contributed by atoms with van der Waals surface area (Å²) in [5.74, 6) is 2.15. The molecule has 1 N–H and O–H groups in total. The summed E-state index contributed by atoms with van der Waals surface area (Å²) in [5, 5.41) is 11.0. The highest BCUT2D eigenvalue weighted by Gasteiger charge is 2.30. The molecule has 214 valence electrons. The molecule has 0 atom stereocenters. The second kappa shape index (κ2) is 12.4. The van der Waals surface area contributed by atoms with Crippen LogP contribution in [0.3, 0.4) is 0 Å². The van der Waals surface area contributed by atoms with Crippen molar-refractivity contribution in [2.24, 2.45) is 0 Å². The number of imidazole rings is 1. The van der Waals surface area contributed by atoms with E-state index in [0.717, 1.165) is 96.7 Å². The molecule has 1 amide bonds.